The SMILES string of the molecule is COC(=O)c1ccc(C(=Cc2ccc(N(c3ccccc3)c3ccc4c(c3)C(C)(C)c3ccccc3-4)cc2)c2ccc(C(=O)OC)cc2)cc1. The van der Waals surface area contributed by atoms with Crippen LogP contribution in [0.3, 0.4) is 0 Å². The number of rotatable bonds is 8. The molecule has 0 fully saturated rings. The number of ether oxygens (including phenoxy) is 2. The number of anilines is 3. The highest BCUT2D eigenvalue weighted by Crippen LogP contribution is 2.50. The summed E-state index contributed by atoms with van der Waals surface area (Å²) in [6.45, 7) is 4.61. The molecule has 0 bridgehead atoms. The van der Waals surface area contributed by atoms with E-state index in [0.29, 0.717) is 11.1 Å². The Labute approximate surface area is 293 Å². The fraction of sp³-hybridized carbons (Fsp3) is 0.111. The number of hydrogen-bond acceptors (Lipinski definition) is 5. The highest BCUT2D eigenvalue weighted by Gasteiger charge is 2.35. The number of hydrogen-bond donors (Lipinski definition) is 0. The van der Waals surface area contributed by atoms with Crippen molar-refractivity contribution in [2.45, 2.75) is 19.3 Å². The number of nitrogens with zero attached hydrogens (tertiary/aromatic N) is 1. The van der Waals surface area contributed by atoms with E-state index in [1.807, 2.05) is 30.3 Å². The third-order valence-electron chi connectivity index (χ3n) is 9.54. The van der Waals surface area contributed by atoms with Crippen molar-refractivity contribution in [3.05, 3.63) is 185 Å². The van der Waals surface area contributed by atoms with Crippen molar-refractivity contribution in [2.75, 3.05) is 19.1 Å². The van der Waals surface area contributed by atoms with Gasteiger partial charge in [0, 0.05) is 22.5 Å². The molecule has 0 radical (unpaired) electrons. The summed E-state index contributed by atoms with van der Waals surface area (Å²) >= 11 is 0. The lowest BCUT2D eigenvalue weighted by Gasteiger charge is -2.28. The average Bonchev–Trinajstić information content (AvgIpc) is 3.40. The molecule has 0 saturated carbocycles. The second-order valence-corrected chi connectivity index (χ2v) is 12.9. The van der Waals surface area contributed by atoms with Gasteiger partial charge in [0.05, 0.1) is 25.3 Å². The van der Waals surface area contributed by atoms with Crippen LogP contribution in [-0.4, -0.2) is 26.2 Å². The third kappa shape index (κ3) is 5.99. The van der Waals surface area contributed by atoms with Gasteiger partial charge in [0.1, 0.15) is 0 Å². The van der Waals surface area contributed by atoms with Gasteiger partial charge in [-0.15, -0.1) is 0 Å². The fourth-order valence-electron chi connectivity index (χ4n) is 6.88. The van der Waals surface area contributed by atoms with Gasteiger partial charge in [-0.1, -0.05) is 98.8 Å². The number of benzene rings is 6. The van der Waals surface area contributed by atoms with Crippen LogP contribution in [-0.2, 0) is 14.9 Å². The highest BCUT2D eigenvalue weighted by atomic mass is 16.5. The summed E-state index contributed by atoms with van der Waals surface area (Å²) in [6.07, 6.45) is 2.12. The molecule has 5 nitrogen and oxygen atoms in total. The highest BCUT2D eigenvalue weighted by molar-refractivity contribution is 5.95. The zero-order valence-electron chi connectivity index (χ0n) is 28.5. The van der Waals surface area contributed by atoms with Crippen molar-refractivity contribution in [3.63, 3.8) is 0 Å². The molecule has 0 heterocycles. The number of methoxy groups -OCH3 is 2. The monoisotopic (exact) mass is 655 g/mol. The van der Waals surface area contributed by atoms with Gasteiger partial charge in [0.15, 0.2) is 0 Å². The lowest BCUT2D eigenvalue weighted by Crippen LogP contribution is -2.16. The third-order valence-corrected chi connectivity index (χ3v) is 9.54. The molecular weight excluding hydrogens is 618 g/mol. The Kier molecular flexibility index (Phi) is 8.65. The molecule has 0 amide bonds. The quantitative estimate of drug-likeness (QED) is 0.121. The van der Waals surface area contributed by atoms with Crippen LogP contribution in [0.25, 0.3) is 22.8 Å². The van der Waals surface area contributed by atoms with Gasteiger partial charge in [0.25, 0.3) is 0 Å². The minimum Gasteiger partial charge on any atom is -0.465 e. The number of para-hydroxylation sites is 1. The first kappa shape index (κ1) is 32.4. The number of fused-ring (bicyclic) bond motifs is 3. The van der Waals surface area contributed by atoms with E-state index in [4.69, 9.17) is 9.47 Å². The van der Waals surface area contributed by atoms with Gasteiger partial charge >= 0.3 is 11.9 Å². The number of carbonyl (C=O) groups excluding carboxylic acids is 2. The van der Waals surface area contributed by atoms with E-state index in [-0.39, 0.29) is 17.4 Å². The molecule has 0 aromatic heterocycles. The Morgan fingerprint density at radius 2 is 1.00 bits per heavy atom. The van der Waals surface area contributed by atoms with E-state index >= 15 is 0 Å². The van der Waals surface area contributed by atoms with Crippen LogP contribution in [0, 0.1) is 0 Å². The summed E-state index contributed by atoms with van der Waals surface area (Å²) in [4.78, 5) is 26.6. The molecule has 0 saturated heterocycles. The maximum atomic E-state index is 12.1. The van der Waals surface area contributed by atoms with E-state index in [1.54, 1.807) is 24.3 Å². The van der Waals surface area contributed by atoms with Crippen LogP contribution in [0.5, 0.6) is 0 Å². The molecular formula is C45H37NO4. The summed E-state index contributed by atoms with van der Waals surface area (Å²) in [5.41, 5.74) is 13.1. The molecule has 1 aliphatic carbocycles. The normalized spacial score (nSPS) is 12.3. The molecule has 5 heteroatoms. The first-order chi connectivity index (χ1) is 24.3. The first-order valence-electron chi connectivity index (χ1n) is 16.6. The zero-order chi connectivity index (χ0) is 34.8. The Morgan fingerprint density at radius 1 is 0.520 bits per heavy atom. The van der Waals surface area contributed by atoms with Gasteiger partial charge in [-0.2, -0.15) is 0 Å². The number of carbonyl (C=O) groups is 2. The molecule has 6 aromatic carbocycles. The second-order valence-electron chi connectivity index (χ2n) is 12.9. The minimum atomic E-state index is -0.389. The van der Waals surface area contributed by atoms with Crippen molar-refractivity contribution in [3.8, 4) is 11.1 Å². The molecule has 0 unspecified atom stereocenters. The van der Waals surface area contributed by atoms with Crippen molar-refractivity contribution in [1.82, 2.24) is 0 Å². The lowest BCUT2D eigenvalue weighted by atomic mass is 9.82. The van der Waals surface area contributed by atoms with Gasteiger partial charge in [-0.3, -0.25) is 0 Å². The van der Waals surface area contributed by atoms with Crippen molar-refractivity contribution in [1.29, 1.82) is 0 Å². The second kappa shape index (κ2) is 13.4. The standard InChI is InChI=1S/C45H37NO4/c1-45(2)41-13-9-8-12-38(41)39-27-26-37(29-42(39)45)46(35-10-6-5-7-11-35)36-24-14-30(15-25-36)28-40(31-16-20-33(21-17-31)43(47)49-3)32-18-22-34(23-19-32)44(48)50-4/h5-29H,1-4H3. The van der Waals surface area contributed by atoms with Crippen LogP contribution in [0.4, 0.5) is 17.1 Å². The van der Waals surface area contributed by atoms with Crippen LogP contribution in [0.15, 0.2) is 146 Å². The molecule has 7 rings (SSSR count). The average molecular weight is 656 g/mol. The van der Waals surface area contributed by atoms with Crippen molar-refractivity contribution >= 4 is 40.6 Å². The summed E-state index contributed by atoms with van der Waals surface area (Å²) in [6, 6.07) is 49.1. The lowest BCUT2D eigenvalue weighted by molar-refractivity contribution is 0.0592. The van der Waals surface area contributed by atoms with E-state index in [9.17, 15) is 9.59 Å². The predicted octanol–water partition coefficient (Wildman–Crippen LogP) is 10.6. The molecule has 0 N–H and O–H groups in total. The maximum absolute atomic E-state index is 12.1. The predicted molar refractivity (Wildman–Crippen MR) is 201 cm³/mol. The minimum absolute atomic E-state index is 0.112. The van der Waals surface area contributed by atoms with Gasteiger partial charge in [-0.25, -0.2) is 9.59 Å². The topological polar surface area (TPSA) is 55.8 Å². The molecule has 246 valence electrons. The Morgan fingerprint density at radius 3 is 1.58 bits per heavy atom. The Bertz CT molecular complexity index is 2150. The smallest absolute Gasteiger partial charge is 0.337 e. The van der Waals surface area contributed by atoms with Crippen LogP contribution < -0.4 is 4.90 Å². The largest absolute Gasteiger partial charge is 0.465 e. The molecule has 6 aromatic rings. The van der Waals surface area contributed by atoms with Gasteiger partial charge in [0.2, 0.25) is 0 Å². The van der Waals surface area contributed by atoms with Gasteiger partial charge < -0.3 is 14.4 Å². The fourth-order valence-corrected chi connectivity index (χ4v) is 6.88. The summed E-state index contributed by atoms with van der Waals surface area (Å²) in [5, 5.41) is 0. The summed E-state index contributed by atoms with van der Waals surface area (Å²) in [7, 11) is 2.74. The molecule has 0 aliphatic heterocycles. The van der Waals surface area contributed by atoms with Crippen LogP contribution in [0.2, 0.25) is 0 Å². The molecule has 0 atom stereocenters. The van der Waals surface area contributed by atoms with Crippen LogP contribution in [0.1, 0.15) is 62.4 Å². The molecule has 1 aliphatic rings. The summed E-state index contributed by atoms with van der Waals surface area (Å²) < 4.78 is 9.81. The Balaban J connectivity index is 1.28. The van der Waals surface area contributed by atoms with Crippen LogP contribution >= 0.6 is 0 Å². The summed E-state index contributed by atoms with van der Waals surface area (Å²) in [5.74, 6) is -0.779. The molecule has 0 spiro atoms. The van der Waals surface area contributed by atoms with E-state index in [2.05, 4.69) is 116 Å². The van der Waals surface area contributed by atoms with E-state index in [1.165, 1.54) is 36.5 Å². The Hall–Kier alpha value is -6.20. The van der Waals surface area contributed by atoms with Crippen molar-refractivity contribution in [2.24, 2.45) is 0 Å². The first-order valence-corrected chi connectivity index (χ1v) is 16.6. The van der Waals surface area contributed by atoms with E-state index in [0.717, 1.165) is 39.3 Å². The molecule has 50 heavy (non-hydrogen) atoms. The van der Waals surface area contributed by atoms with Gasteiger partial charge in [-0.05, 0) is 111 Å². The van der Waals surface area contributed by atoms with E-state index < -0.39 is 0 Å². The van der Waals surface area contributed by atoms with Crippen molar-refractivity contribution < 1.29 is 19.1 Å². The number of esters is 2. The maximum Gasteiger partial charge on any atom is 0.337 e. The zero-order valence-corrected chi connectivity index (χ0v) is 28.5.